The summed E-state index contributed by atoms with van der Waals surface area (Å²) < 4.78 is 8.35. The molecule has 4 nitrogen and oxygen atoms in total. The van der Waals surface area contributed by atoms with Gasteiger partial charge in [-0.15, -0.1) is 11.7 Å². The molecule has 9 aromatic rings. The molecule has 5 heteroatoms. The van der Waals surface area contributed by atoms with Crippen molar-refractivity contribution in [2.45, 2.75) is 58.6 Å². The molecule has 72 heavy (non-hydrogen) atoms. The average molecular weight is 958 g/mol. The molecule has 0 amide bonds. The molecule has 1 aromatic heterocycles. The second-order valence-electron chi connectivity index (χ2n) is 20.4. The Bertz CT molecular complexity index is 3300. The Morgan fingerprint density at radius 1 is 0.625 bits per heavy atom. The fourth-order valence-electron chi connectivity index (χ4n) is 11.8. The third-order valence-corrected chi connectivity index (χ3v) is 18.0. The van der Waals surface area contributed by atoms with Gasteiger partial charge < -0.3 is 4.74 Å². The summed E-state index contributed by atoms with van der Waals surface area (Å²) in [4.78, 5) is 0. The first kappa shape index (κ1) is 47.4. The molecular weight excluding hydrogens is 894 g/mol. The minimum Gasteiger partial charge on any atom is -0.375 e. The van der Waals surface area contributed by atoms with Gasteiger partial charge in [0.25, 0.3) is 0 Å². The van der Waals surface area contributed by atoms with E-state index in [9.17, 15) is 0 Å². The highest BCUT2D eigenvalue weighted by Gasteiger charge is 2.35. The van der Waals surface area contributed by atoms with E-state index in [4.69, 9.17) is 4.74 Å². The van der Waals surface area contributed by atoms with Crippen molar-refractivity contribution in [3.05, 3.63) is 253 Å². The number of rotatable bonds is 16. The van der Waals surface area contributed by atoms with Gasteiger partial charge in [-0.3, -0.25) is 0 Å². The molecule has 6 unspecified atom stereocenters. The molecule has 358 valence electrons. The van der Waals surface area contributed by atoms with Crippen LogP contribution in [-0.2, 0) is 17.9 Å². The van der Waals surface area contributed by atoms with Crippen molar-refractivity contribution in [2.75, 3.05) is 6.61 Å². The van der Waals surface area contributed by atoms with Crippen LogP contribution < -0.4 is 15.9 Å². The topological polar surface area (TPSA) is 39.9 Å². The van der Waals surface area contributed by atoms with Gasteiger partial charge in [-0.1, -0.05) is 223 Å². The van der Waals surface area contributed by atoms with Crippen LogP contribution in [0.15, 0.2) is 219 Å². The molecule has 2 fully saturated rings. The second kappa shape index (κ2) is 21.8. The van der Waals surface area contributed by atoms with Gasteiger partial charge >= 0.3 is 0 Å². The lowest BCUT2D eigenvalue weighted by Gasteiger charge is -2.25. The minimum absolute atomic E-state index is 0.421. The molecule has 6 atom stereocenters. The molecular formula is C67H64N3OP. The Kier molecular flexibility index (Phi) is 14.3. The summed E-state index contributed by atoms with van der Waals surface area (Å²) in [5.74, 6) is 2.73. The highest BCUT2D eigenvalue weighted by Crippen LogP contribution is 2.48. The van der Waals surface area contributed by atoms with Gasteiger partial charge in [0.2, 0.25) is 0 Å². The smallest absolute Gasteiger partial charge is 0.108 e. The van der Waals surface area contributed by atoms with Gasteiger partial charge in [0, 0.05) is 0 Å². The van der Waals surface area contributed by atoms with Crippen molar-refractivity contribution < 1.29 is 4.74 Å². The summed E-state index contributed by atoms with van der Waals surface area (Å²) in [6.07, 6.45) is 18.6. The molecule has 1 heterocycles. The minimum atomic E-state index is -0.834. The number of benzene rings is 8. The third kappa shape index (κ3) is 10.5. The average Bonchev–Trinajstić information content (AvgIpc) is 4.17. The molecule has 0 aliphatic heterocycles. The summed E-state index contributed by atoms with van der Waals surface area (Å²) in [6, 6.07) is 67.3. The first-order chi connectivity index (χ1) is 35.4. The van der Waals surface area contributed by atoms with Crippen molar-refractivity contribution in [2.24, 2.45) is 29.6 Å². The number of hydrogen-bond donors (Lipinski definition) is 0. The SMILES string of the molecule is C=CC1CC(/C=C/C2CC(/C=C/c3ccccc3)C(COCc3cn(Cc4ccc(C)cc4)nn3)C2)CC1c1ccc2c(-c3c(P(c4ccccc4)c4ccccc4)ccc4ccccc34)c(C)ccc2c1. The summed E-state index contributed by atoms with van der Waals surface area (Å²) in [6.45, 7) is 10.7. The molecule has 2 saturated carbocycles. The maximum Gasteiger partial charge on any atom is 0.108 e. The van der Waals surface area contributed by atoms with Crippen LogP contribution in [0.4, 0.5) is 0 Å². The van der Waals surface area contributed by atoms with Crippen LogP contribution in [0.25, 0.3) is 38.7 Å². The van der Waals surface area contributed by atoms with Crippen molar-refractivity contribution in [3.8, 4) is 11.1 Å². The van der Waals surface area contributed by atoms with Crippen LogP contribution >= 0.6 is 7.92 Å². The molecule has 2 aliphatic rings. The zero-order valence-corrected chi connectivity index (χ0v) is 42.5. The number of hydrogen-bond acceptors (Lipinski definition) is 3. The van der Waals surface area contributed by atoms with Crippen LogP contribution in [0, 0.1) is 43.4 Å². The van der Waals surface area contributed by atoms with Crippen LogP contribution in [0.1, 0.15) is 65.1 Å². The van der Waals surface area contributed by atoms with E-state index in [1.165, 1.54) is 76.4 Å². The fraction of sp³-hybridized carbons (Fsp3) is 0.224. The summed E-state index contributed by atoms with van der Waals surface area (Å²) >= 11 is 0. The Hall–Kier alpha value is -6.97. The molecule has 2 aliphatic carbocycles. The lowest BCUT2D eigenvalue weighted by atomic mass is 9.85. The Morgan fingerprint density at radius 3 is 2.04 bits per heavy atom. The molecule has 8 aromatic carbocycles. The van der Waals surface area contributed by atoms with Gasteiger partial charge in [0.05, 0.1) is 26.0 Å². The van der Waals surface area contributed by atoms with Crippen LogP contribution in [0.5, 0.6) is 0 Å². The highest BCUT2D eigenvalue weighted by molar-refractivity contribution is 7.80. The van der Waals surface area contributed by atoms with Crippen LogP contribution in [-0.4, -0.2) is 21.6 Å². The van der Waals surface area contributed by atoms with Gasteiger partial charge in [-0.2, -0.15) is 0 Å². The van der Waals surface area contributed by atoms with E-state index in [2.05, 4.69) is 243 Å². The standard InChI is InChI=1S/C67H64N3OP/c1-4-53-38-52(30-29-51-39-55(33-31-49-16-8-5-9-17-49)58(40-51)45-71-46-59-44-70(69-68-59)43-50-27-24-47(2)25-28-50)41-64(53)57-34-36-63-56(42-57)32-26-48(3)66(63)67-62-23-15-14-18-54(62)35-37-65(67)72(60-19-10-6-11-20-60)61-21-12-7-13-22-61/h4-37,42,44,51-53,55,58,64H,1,38-41,43,45-46H2,2-3H3/b30-29+,33-31+. The molecule has 0 N–H and O–H groups in total. The normalized spacial score (nSPS) is 20.2. The van der Waals surface area contributed by atoms with E-state index in [-0.39, 0.29) is 0 Å². The van der Waals surface area contributed by atoms with Crippen LogP contribution in [0.2, 0.25) is 0 Å². The largest absolute Gasteiger partial charge is 0.375 e. The van der Waals surface area contributed by atoms with Crippen molar-refractivity contribution in [1.29, 1.82) is 0 Å². The predicted octanol–water partition coefficient (Wildman–Crippen LogP) is 15.1. The highest BCUT2D eigenvalue weighted by atomic mass is 31.1. The third-order valence-electron chi connectivity index (χ3n) is 15.5. The molecule has 0 spiro atoms. The predicted molar refractivity (Wildman–Crippen MR) is 304 cm³/mol. The summed E-state index contributed by atoms with van der Waals surface area (Å²) in [7, 11) is -0.834. The quantitative estimate of drug-likeness (QED) is 0.0716. The summed E-state index contributed by atoms with van der Waals surface area (Å²) in [5, 5.41) is 18.2. The van der Waals surface area contributed by atoms with Crippen molar-refractivity contribution in [3.63, 3.8) is 0 Å². The molecule has 0 radical (unpaired) electrons. The van der Waals surface area contributed by atoms with E-state index in [1.54, 1.807) is 0 Å². The van der Waals surface area contributed by atoms with E-state index in [1.807, 2.05) is 10.9 Å². The van der Waals surface area contributed by atoms with Gasteiger partial charge in [-0.25, -0.2) is 4.68 Å². The number of fused-ring (bicyclic) bond motifs is 2. The van der Waals surface area contributed by atoms with Gasteiger partial charge in [0.15, 0.2) is 0 Å². The van der Waals surface area contributed by atoms with E-state index in [0.29, 0.717) is 55.3 Å². The van der Waals surface area contributed by atoms with Gasteiger partial charge in [-0.05, 0) is 154 Å². The first-order valence-electron chi connectivity index (χ1n) is 26.0. The molecule has 11 rings (SSSR count). The Morgan fingerprint density at radius 2 is 1.29 bits per heavy atom. The zero-order valence-electron chi connectivity index (χ0n) is 41.6. The number of aryl methyl sites for hydroxylation is 2. The Balaban J connectivity index is 0.825. The lowest BCUT2D eigenvalue weighted by Crippen LogP contribution is -2.22. The Labute approximate surface area is 427 Å². The molecule has 0 saturated heterocycles. The van der Waals surface area contributed by atoms with E-state index in [0.717, 1.165) is 31.4 Å². The van der Waals surface area contributed by atoms with Crippen molar-refractivity contribution in [1.82, 2.24) is 15.0 Å². The van der Waals surface area contributed by atoms with E-state index < -0.39 is 7.92 Å². The lowest BCUT2D eigenvalue weighted by molar-refractivity contribution is 0.0778. The number of ether oxygens (including phenoxy) is 1. The number of aromatic nitrogens is 3. The summed E-state index contributed by atoms with van der Waals surface area (Å²) in [5.41, 5.74) is 10.0. The zero-order chi connectivity index (χ0) is 48.8. The fourth-order valence-corrected chi connectivity index (χ4v) is 14.3. The maximum atomic E-state index is 6.44. The number of nitrogens with zero attached hydrogens (tertiary/aromatic N) is 3. The first-order valence-corrected chi connectivity index (χ1v) is 27.3. The monoisotopic (exact) mass is 957 g/mol. The van der Waals surface area contributed by atoms with Crippen LogP contribution in [0.3, 0.4) is 0 Å². The van der Waals surface area contributed by atoms with Crippen molar-refractivity contribution >= 4 is 51.5 Å². The molecule has 0 bridgehead atoms. The van der Waals surface area contributed by atoms with Gasteiger partial charge in [0.1, 0.15) is 5.69 Å². The second-order valence-corrected chi connectivity index (χ2v) is 22.6. The number of allylic oxidation sites excluding steroid dienone is 4. The van der Waals surface area contributed by atoms with E-state index >= 15 is 0 Å². The maximum absolute atomic E-state index is 6.44.